The van der Waals surface area contributed by atoms with Crippen molar-refractivity contribution in [3.8, 4) is 0 Å². The normalized spacial score (nSPS) is 14.2. The maximum atomic E-state index is 12.4. The molecule has 0 saturated carbocycles. The number of hydrogen-bond acceptors (Lipinski definition) is 15. The van der Waals surface area contributed by atoms with Gasteiger partial charge in [0.2, 0.25) is 11.0 Å². The van der Waals surface area contributed by atoms with E-state index in [1.165, 1.54) is 12.1 Å². The Labute approximate surface area is 294 Å². The molecule has 48 heavy (non-hydrogen) atoms. The van der Waals surface area contributed by atoms with Gasteiger partial charge in [0, 0.05) is 24.7 Å². The summed E-state index contributed by atoms with van der Waals surface area (Å²) in [6.07, 6.45) is 0.00508. The fourth-order valence-corrected chi connectivity index (χ4v) is 6.03. The second kappa shape index (κ2) is 17.9. The van der Waals surface area contributed by atoms with Crippen molar-refractivity contribution in [3.63, 3.8) is 0 Å². The number of rotatable bonds is 14. The number of amides is 1. The number of carbonyl (C=O) groups excluding carboxylic acids is 1. The number of aliphatic carboxylic acids is 2. The molecule has 0 spiro atoms. The maximum Gasteiger partial charge on any atom is 1.00 e. The Kier molecular flexibility index (Phi) is 15.9. The molecule has 258 valence electrons. The van der Waals surface area contributed by atoms with E-state index in [1.807, 2.05) is 11.9 Å². The van der Waals surface area contributed by atoms with Crippen molar-refractivity contribution < 1.29 is 88.0 Å². The third-order valence-corrected chi connectivity index (χ3v) is 10.2. The molecule has 0 aliphatic heterocycles. The molecule has 1 amide bonds. The number of aromatic nitrogens is 4. The minimum atomic E-state index is -5.55. The molecule has 21 nitrogen and oxygen atoms in total. The van der Waals surface area contributed by atoms with E-state index in [1.54, 1.807) is 18.3 Å². The smallest absolute Gasteiger partial charge is 0.776 e. The second-order valence-electron chi connectivity index (χ2n) is 9.93. The average molecular weight is 726 g/mol. The molecule has 0 fully saturated rings. The summed E-state index contributed by atoms with van der Waals surface area (Å²) < 4.78 is 21.3. The molecule has 0 aliphatic carbocycles. The number of anilines is 3. The number of nitrogens with two attached hydrogens (primary N) is 3. The Morgan fingerprint density at radius 1 is 1.06 bits per heavy atom. The third kappa shape index (κ3) is 11.7. The first-order chi connectivity index (χ1) is 21.7. The first kappa shape index (κ1) is 42.7. The van der Waals surface area contributed by atoms with Gasteiger partial charge in [-0.25, -0.2) is 14.8 Å². The summed E-state index contributed by atoms with van der Waals surface area (Å²) in [5.41, 5.74) is 18.6. The van der Waals surface area contributed by atoms with Gasteiger partial charge in [-0.3, -0.25) is 14.2 Å². The average Bonchev–Trinajstić information content (AvgIpc) is 2.97. The molecule has 3 aromatic rings. The van der Waals surface area contributed by atoms with Crippen molar-refractivity contribution in [1.82, 2.24) is 25.3 Å². The number of fused-ring (bicyclic) bond motifs is 1. The Morgan fingerprint density at radius 3 is 2.17 bits per heavy atom. The summed E-state index contributed by atoms with van der Waals surface area (Å²) >= 11 is 0. The van der Waals surface area contributed by atoms with E-state index >= 15 is 0 Å². The van der Waals surface area contributed by atoms with Gasteiger partial charge in [-0.2, -0.15) is 9.97 Å². The van der Waals surface area contributed by atoms with E-state index < -0.39 is 50.6 Å². The van der Waals surface area contributed by atoms with E-state index in [-0.39, 0.29) is 72.7 Å². The zero-order valence-corrected chi connectivity index (χ0v) is 29.5. The van der Waals surface area contributed by atoms with Gasteiger partial charge >= 0.3 is 49.1 Å². The number of carboxylic acid groups (broad SMARTS) is 2. The zero-order chi connectivity index (χ0) is 35.7. The van der Waals surface area contributed by atoms with E-state index in [9.17, 15) is 38.6 Å². The van der Waals surface area contributed by atoms with Crippen LogP contribution in [-0.4, -0.2) is 92.5 Å². The van der Waals surface area contributed by atoms with Gasteiger partial charge < -0.3 is 66.9 Å². The quantitative estimate of drug-likeness (QED) is 0.0551. The standard InChI is InChI=1S/C20H22N8O5.C4H13NO7P2.Na/c1-28(9-11-8-23-17-15(24-11)16(21)26-20(22)27-17)12-4-2-10(3-5-12)18(31)25-13(19(32)33)6-7-14(29)30;5-3-1-2-4(6,13(7,8)9)14(10,11)12;/h2-5,8,13H,6-7,9H2,1H3,(H,25,31)(H,29,30)(H,32,33)(H4,21,22,23,26,27);6H,1-3,5H2,(H2,7,8,9)(H2,10,11,12);/q;;+1/p-1/t13-;;/m0../s1. The number of carboxylic acids is 2. The fourth-order valence-electron chi connectivity index (χ4n) is 3.82. The predicted molar refractivity (Wildman–Crippen MR) is 163 cm³/mol. The minimum Gasteiger partial charge on any atom is -0.776 e. The molecule has 2 aromatic heterocycles. The first-order valence-corrected chi connectivity index (χ1v) is 16.5. The number of nitrogens with one attached hydrogen (secondary N) is 1. The van der Waals surface area contributed by atoms with Crippen LogP contribution in [0.3, 0.4) is 0 Å². The van der Waals surface area contributed by atoms with Crippen LogP contribution in [0.15, 0.2) is 30.5 Å². The largest absolute Gasteiger partial charge is 1.00 e. The summed E-state index contributed by atoms with van der Waals surface area (Å²) in [6, 6.07) is 5.16. The molecule has 2 unspecified atom stereocenters. The van der Waals surface area contributed by atoms with Crippen LogP contribution < -0.4 is 61.9 Å². The molecule has 1 aromatic carbocycles. The summed E-state index contributed by atoms with van der Waals surface area (Å²) in [5, 5.41) is 26.0. The van der Waals surface area contributed by atoms with E-state index in [0.717, 1.165) is 5.69 Å². The molecule has 0 saturated heterocycles. The summed E-state index contributed by atoms with van der Waals surface area (Å²) in [5.74, 6) is -2.91. The van der Waals surface area contributed by atoms with Crippen LogP contribution in [-0.2, 0) is 25.3 Å². The molecule has 3 atom stereocenters. The first-order valence-electron chi connectivity index (χ1n) is 13.3. The summed E-state index contributed by atoms with van der Waals surface area (Å²) in [4.78, 5) is 89.0. The number of aliphatic hydroxyl groups is 1. The van der Waals surface area contributed by atoms with Crippen molar-refractivity contribution in [2.45, 2.75) is 43.4 Å². The Bertz CT molecular complexity index is 1670. The van der Waals surface area contributed by atoms with Crippen LogP contribution in [0, 0.1) is 0 Å². The Balaban J connectivity index is 0.000000652. The van der Waals surface area contributed by atoms with Gasteiger partial charge in [-0.15, -0.1) is 0 Å². The van der Waals surface area contributed by atoms with Crippen molar-refractivity contribution in [2.24, 2.45) is 5.73 Å². The topological polar surface area (TPSA) is 375 Å². The van der Waals surface area contributed by atoms with Gasteiger partial charge in [-0.1, -0.05) is 0 Å². The number of nitrogen functional groups attached to an aromatic ring is 2. The van der Waals surface area contributed by atoms with E-state index in [2.05, 4.69) is 25.3 Å². The van der Waals surface area contributed by atoms with E-state index in [4.69, 9.17) is 37.0 Å². The van der Waals surface area contributed by atoms with Crippen LogP contribution in [0.5, 0.6) is 0 Å². The second-order valence-corrected chi connectivity index (χ2v) is 13.9. The molecular formula is C24H34N9NaO12P2. The number of carbonyl (C=O) groups is 3. The van der Waals surface area contributed by atoms with Crippen LogP contribution in [0.4, 0.5) is 17.5 Å². The van der Waals surface area contributed by atoms with Crippen LogP contribution >= 0.6 is 15.2 Å². The maximum absolute atomic E-state index is 12.4. The molecule has 0 bridgehead atoms. The van der Waals surface area contributed by atoms with E-state index in [0.29, 0.717) is 23.4 Å². The number of nitrogens with zero attached hydrogens (tertiary/aromatic N) is 5. The Morgan fingerprint density at radius 2 is 1.67 bits per heavy atom. The van der Waals surface area contributed by atoms with Gasteiger partial charge in [0.05, 0.1) is 18.4 Å². The van der Waals surface area contributed by atoms with Crippen molar-refractivity contribution in [2.75, 3.05) is 30.0 Å². The molecule has 0 radical (unpaired) electrons. The van der Waals surface area contributed by atoms with Crippen LogP contribution in [0.1, 0.15) is 41.7 Å². The molecule has 13 N–H and O–H groups in total. The van der Waals surface area contributed by atoms with Gasteiger partial charge in [-0.05, 0) is 50.1 Å². The van der Waals surface area contributed by atoms with Crippen LogP contribution in [0.2, 0.25) is 0 Å². The summed E-state index contributed by atoms with van der Waals surface area (Å²) in [7, 11) is -9.10. The van der Waals surface area contributed by atoms with Gasteiger partial charge in [0.1, 0.15) is 6.04 Å². The molecule has 0 aliphatic rings. The SMILES string of the molecule is CN(Cc1cnc2nc(N)nc(N)c2n1)c1ccc(C(=O)N[C@@H](CCC(=O)O)C(=O)O)cc1.NCCCC(O)(P(=O)([O-])O)P(=O)(O)O.[Na+]. The predicted octanol–water partition coefficient (Wildman–Crippen LogP) is -4.63. The minimum absolute atomic E-state index is 0. The monoisotopic (exact) mass is 725 g/mol. The Hall–Kier alpha value is -3.33. The molecular weight excluding hydrogens is 691 g/mol. The van der Waals surface area contributed by atoms with Crippen LogP contribution in [0.25, 0.3) is 11.2 Å². The number of benzene rings is 1. The number of hydrogen-bond donors (Lipinski definition) is 10. The molecule has 24 heteroatoms. The molecule has 3 rings (SSSR count). The third-order valence-electron chi connectivity index (χ3n) is 6.36. The van der Waals surface area contributed by atoms with Gasteiger partial charge in [0.15, 0.2) is 24.6 Å². The fraction of sp³-hybridized carbons (Fsp3) is 0.375. The molecule has 2 heterocycles. The van der Waals surface area contributed by atoms with Gasteiger partial charge in [0.25, 0.3) is 5.91 Å². The van der Waals surface area contributed by atoms with Crippen molar-refractivity contribution in [1.29, 1.82) is 0 Å². The summed E-state index contributed by atoms with van der Waals surface area (Å²) in [6.45, 7) is 0.302. The zero-order valence-electron chi connectivity index (χ0n) is 25.7. The van der Waals surface area contributed by atoms with Crippen molar-refractivity contribution in [3.05, 3.63) is 41.7 Å². The van der Waals surface area contributed by atoms with Crippen molar-refractivity contribution >= 4 is 61.7 Å².